The number of halogens is 1. The van der Waals surface area contributed by atoms with Gasteiger partial charge in [0.25, 0.3) is 0 Å². The van der Waals surface area contributed by atoms with Crippen LogP contribution in [-0.2, 0) is 5.41 Å². The maximum absolute atomic E-state index is 3.92. The molecule has 28 heavy (non-hydrogen) atoms. The van der Waals surface area contributed by atoms with E-state index in [1.54, 1.807) is 0 Å². The van der Waals surface area contributed by atoms with E-state index in [4.69, 9.17) is 0 Å². The molecule has 0 atom stereocenters. The number of rotatable bonds is 2. The summed E-state index contributed by atoms with van der Waals surface area (Å²) >= 11 is 3.92. The van der Waals surface area contributed by atoms with Crippen LogP contribution in [0.2, 0.25) is 0 Å². The van der Waals surface area contributed by atoms with E-state index in [9.17, 15) is 0 Å². The summed E-state index contributed by atoms with van der Waals surface area (Å²) in [5, 5.41) is 0. The van der Waals surface area contributed by atoms with E-state index in [2.05, 4.69) is 121 Å². The zero-order valence-corrected chi connectivity index (χ0v) is 17.6. The Labute approximate surface area is 175 Å². The Balaban J connectivity index is 2.05. The normalized spacial score (nSPS) is 13.8. The Bertz CT molecular complexity index is 1130. The summed E-state index contributed by atoms with van der Waals surface area (Å²) in [5.74, 6) is 0. The maximum Gasteiger partial charge on any atom is 0.0727 e. The molecule has 0 radical (unpaired) electrons. The van der Waals surface area contributed by atoms with Crippen LogP contribution < -0.4 is 0 Å². The third-order valence-electron chi connectivity index (χ3n) is 5.95. The van der Waals surface area contributed by atoms with Crippen molar-refractivity contribution < 1.29 is 0 Å². The number of fused-ring (bicyclic) bond motifs is 3. The largest absolute Gasteiger partial charge is 0.0727 e. The van der Waals surface area contributed by atoms with Crippen LogP contribution in [0.5, 0.6) is 0 Å². The van der Waals surface area contributed by atoms with E-state index < -0.39 is 0 Å². The van der Waals surface area contributed by atoms with Gasteiger partial charge in [0.2, 0.25) is 0 Å². The molecule has 1 heteroatoms. The van der Waals surface area contributed by atoms with Crippen LogP contribution in [-0.4, -0.2) is 0 Å². The zero-order chi connectivity index (χ0) is 19.3. The molecule has 5 rings (SSSR count). The summed E-state index contributed by atoms with van der Waals surface area (Å²) in [5.41, 5.74) is 10.3. The van der Waals surface area contributed by atoms with Crippen LogP contribution in [0, 0.1) is 13.8 Å². The number of hydrogen-bond donors (Lipinski definition) is 0. The molecule has 1 aliphatic carbocycles. The van der Waals surface area contributed by atoms with E-state index in [1.165, 1.54) is 44.5 Å². The third kappa shape index (κ3) is 2.29. The fourth-order valence-corrected chi connectivity index (χ4v) is 5.72. The lowest BCUT2D eigenvalue weighted by Crippen LogP contribution is -2.29. The third-order valence-corrected chi connectivity index (χ3v) is 6.61. The smallest absolute Gasteiger partial charge is 0.0622 e. The minimum atomic E-state index is -0.328. The molecule has 0 aromatic heterocycles. The van der Waals surface area contributed by atoms with Gasteiger partial charge >= 0.3 is 0 Å². The first-order chi connectivity index (χ1) is 13.6. The predicted molar refractivity (Wildman–Crippen MR) is 121 cm³/mol. The average molecular weight is 425 g/mol. The molecule has 0 unspecified atom stereocenters. The van der Waals surface area contributed by atoms with Gasteiger partial charge in [-0.25, -0.2) is 0 Å². The molecule has 0 N–H and O–H groups in total. The molecule has 0 saturated heterocycles. The van der Waals surface area contributed by atoms with Crippen molar-refractivity contribution in [3.05, 3.63) is 129 Å². The van der Waals surface area contributed by atoms with Crippen molar-refractivity contribution in [2.24, 2.45) is 0 Å². The molecular formula is C27H21Br. The minimum absolute atomic E-state index is 0.328. The highest BCUT2D eigenvalue weighted by molar-refractivity contribution is 9.10. The molecule has 0 saturated carbocycles. The van der Waals surface area contributed by atoms with E-state index >= 15 is 0 Å². The van der Waals surface area contributed by atoms with E-state index in [-0.39, 0.29) is 5.41 Å². The van der Waals surface area contributed by atoms with E-state index in [0.29, 0.717) is 0 Å². The van der Waals surface area contributed by atoms with Crippen molar-refractivity contribution >= 4 is 15.9 Å². The highest BCUT2D eigenvalue weighted by atomic mass is 79.9. The summed E-state index contributed by atoms with van der Waals surface area (Å²) < 4.78 is 1.16. The van der Waals surface area contributed by atoms with Crippen LogP contribution >= 0.6 is 15.9 Å². The van der Waals surface area contributed by atoms with Gasteiger partial charge in [-0.05, 0) is 58.9 Å². The van der Waals surface area contributed by atoms with Gasteiger partial charge in [-0.15, -0.1) is 0 Å². The zero-order valence-electron chi connectivity index (χ0n) is 16.0. The summed E-state index contributed by atoms with van der Waals surface area (Å²) in [6, 6.07) is 33.1. The molecule has 0 fully saturated rings. The Morgan fingerprint density at radius 3 is 1.82 bits per heavy atom. The van der Waals surface area contributed by atoms with Crippen molar-refractivity contribution in [1.82, 2.24) is 0 Å². The van der Waals surface area contributed by atoms with E-state index in [0.717, 1.165) is 4.47 Å². The standard InChI is InChI=1S/C27H21Br/c1-18-16-19(2)25-23(17-18)22-14-9-15-24(28)26(22)27(25,20-10-5-3-6-11-20)21-12-7-4-8-13-21/h3-17H,1-2H3. The first-order valence-electron chi connectivity index (χ1n) is 9.66. The number of aryl methyl sites for hydroxylation is 2. The summed E-state index contributed by atoms with van der Waals surface area (Å²) in [4.78, 5) is 0. The lowest BCUT2D eigenvalue weighted by atomic mass is 9.66. The average Bonchev–Trinajstić information content (AvgIpc) is 3.02. The lowest BCUT2D eigenvalue weighted by molar-refractivity contribution is 0.757. The second-order valence-electron chi connectivity index (χ2n) is 7.65. The summed E-state index contributed by atoms with van der Waals surface area (Å²) in [7, 11) is 0. The van der Waals surface area contributed by atoms with Gasteiger partial charge in [0.05, 0.1) is 5.41 Å². The topological polar surface area (TPSA) is 0 Å². The Hall–Kier alpha value is -2.64. The van der Waals surface area contributed by atoms with Crippen LogP contribution in [0.25, 0.3) is 11.1 Å². The number of benzene rings is 4. The quantitative estimate of drug-likeness (QED) is 0.276. The van der Waals surface area contributed by atoms with Crippen molar-refractivity contribution in [2.45, 2.75) is 19.3 Å². The molecule has 0 aliphatic heterocycles. The van der Waals surface area contributed by atoms with E-state index in [1.807, 2.05) is 0 Å². The molecule has 136 valence electrons. The summed E-state index contributed by atoms with van der Waals surface area (Å²) in [6.07, 6.45) is 0. The molecular weight excluding hydrogens is 404 g/mol. The molecule has 0 heterocycles. The fraction of sp³-hybridized carbons (Fsp3) is 0.111. The number of hydrogen-bond acceptors (Lipinski definition) is 0. The second-order valence-corrected chi connectivity index (χ2v) is 8.50. The Morgan fingerprint density at radius 1 is 0.607 bits per heavy atom. The first-order valence-corrected chi connectivity index (χ1v) is 10.5. The fourth-order valence-electron chi connectivity index (χ4n) is 5.05. The van der Waals surface area contributed by atoms with Gasteiger partial charge in [-0.1, -0.05) is 106 Å². The van der Waals surface area contributed by atoms with Crippen LogP contribution in [0.1, 0.15) is 33.4 Å². The Kier molecular flexibility index (Phi) is 4.03. The molecule has 0 bridgehead atoms. The summed E-state index contributed by atoms with van der Waals surface area (Å²) in [6.45, 7) is 4.45. The Morgan fingerprint density at radius 2 is 1.21 bits per heavy atom. The monoisotopic (exact) mass is 424 g/mol. The predicted octanol–water partition coefficient (Wildman–Crippen LogP) is 7.43. The van der Waals surface area contributed by atoms with Crippen molar-refractivity contribution in [1.29, 1.82) is 0 Å². The highest BCUT2D eigenvalue weighted by Gasteiger charge is 2.48. The van der Waals surface area contributed by atoms with Crippen molar-refractivity contribution in [2.75, 3.05) is 0 Å². The molecule has 0 nitrogen and oxygen atoms in total. The molecule has 4 aromatic carbocycles. The van der Waals surface area contributed by atoms with Gasteiger partial charge in [0.15, 0.2) is 0 Å². The molecule has 4 aromatic rings. The van der Waals surface area contributed by atoms with Gasteiger partial charge in [-0.3, -0.25) is 0 Å². The molecule has 0 amide bonds. The van der Waals surface area contributed by atoms with Crippen molar-refractivity contribution in [3.8, 4) is 11.1 Å². The van der Waals surface area contributed by atoms with Crippen molar-refractivity contribution in [3.63, 3.8) is 0 Å². The van der Waals surface area contributed by atoms with Crippen LogP contribution in [0.3, 0.4) is 0 Å². The lowest BCUT2D eigenvalue weighted by Gasteiger charge is -2.35. The first kappa shape index (κ1) is 17.5. The second kappa shape index (κ2) is 6.46. The van der Waals surface area contributed by atoms with Gasteiger partial charge in [0, 0.05) is 4.47 Å². The molecule has 1 aliphatic rings. The maximum atomic E-state index is 3.92. The van der Waals surface area contributed by atoms with Crippen LogP contribution in [0.15, 0.2) is 95.5 Å². The van der Waals surface area contributed by atoms with Crippen LogP contribution in [0.4, 0.5) is 0 Å². The van der Waals surface area contributed by atoms with Gasteiger partial charge < -0.3 is 0 Å². The van der Waals surface area contributed by atoms with Gasteiger partial charge in [-0.2, -0.15) is 0 Å². The molecule has 0 spiro atoms. The van der Waals surface area contributed by atoms with Gasteiger partial charge in [0.1, 0.15) is 0 Å². The SMILES string of the molecule is Cc1cc(C)c2c(c1)-c1cccc(Br)c1C2(c1ccccc1)c1ccccc1. The highest BCUT2D eigenvalue weighted by Crippen LogP contribution is 2.59. The minimum Gasteiger partial charge on any atom is -0.0622 e.